The lowest BCUT2D eigenvalue weighted by Crippen LogP contribution is -2.21. The van der Waals surface area contributed by atoms with Gasteiger partial charge in [-0.2, -0.15) is 5.26 Å². The molecule has 1 aromatic rings. The van der Waals surface area contributed by atoms with Crippen LogP contribution in [0.5, 0.6) is 0 Å². The number of aryl methyl sites for hydroxylation is 1. The SMILES string of the molecule is COC(=O)CCCN(C)c1cc(C#N)cc(C)n1. The van der Waals surface area contributed by atoms with Gasteiger partial charge in [-0.1, -0.05) is 0 Å². The van der Waals surface area contributed by atoms with Crippen molar-refractivity contribution in [2.45, 2.75) is 19.8 Å². The first-order valence-electron chi connectivity index (χ1n) is 5.73. The van der Waals surface area contributed by atoms with Crippen molar-refractivity contribution in [3.63, 3.8) is 0 Å². The summed E-state index contributed by atoms with van der Waals surface area (Å²) in [5, 5.41) is 8.89. The lowest BCUT2D eigenvalue weighted by molar-refractivity contribution is -0.140. The molecular weight excluding hydrogens is 230 g/mol. The van der Waals surface area contributed by atoms with Crippen LogP contribution >= 0.6 is 0 Å². The van der Waals surface area contributed by atoms with Crippen LogP contribution in [-0.2, 0) is 9.53 Å². The molecule has 0 amide bonds. The van der Waals surface area contributed by atoms with Gasteiger partial charge in [0.15, 0.2) is 0 Å². The second-order valence-corrected chi connectivity index (χ2v) is 4.07. The Hall–Kier alpha value is -2.09. The van der Waals surface area contributed by atoms with Crippen molar-refractivity contribution in [1.82, 2.24) is 4.98 Å². The molecule has 0 saturated carbocycles. The van der Waals surface area contributed by atoms with Crippen LogP contribution in [0.1, 0.15) is 24.1 Å². The van der Waals surface area contributed by atoms with E-state index in [1.807, 2.05) is 18.9 Å². The highest BCUT2D eigenvalue weighted by atomic mass is 16.5. The van der Waals surface area contributed by atoms with Gasteiger partial charge in [-0.15, -0.1) is 0 Å². The summed E-state index contributed by atoms with van der Waals surface area (Å²) in [6.07, 6.45) is 1.08. The number of hydrogen-bond acceptors (Lipinski definition) is 5. The highest BCUT2D eigenvalue weighted by Crippen LogP contribution is 2.13. The number of anilines is 1. The van der Waals surface area contributed by atoms with Crippen LogP contribution in [0, 0.1) is 18.3 Å². The number of nitrogens with zero attached hydrogens (tertiary/aromatic N) is 3. The number of ether oxygens (including phenoxy) is 1. The third-order valence-corrected chi connectivity index (χ3v) is 2.56. The van der Waals surface area contributed by atoms with Crippen LogP contribution in [0.25, 0.3) is 0 Å². The molecule has 1 aromatic heterocycles. The zero-order valence-corrected chi connectivity index (χ0v) is 10.9. The maximum Gasteiger partial charge on any atom is 0.305 e. The van der Waals surface area contributed by atoms with Gasteiger partial charge in [0.25, 0.3) is 0 Å². The second kappa shape index (κ2) is 6.60. The standard InChI is InChI=1S/C13H17N3O2/c1-10-7-11(9-14)8-12(15-10)16(2)6-4-5-13(17)18-3/h7-8H,4-6H2,1-3H3. The van der Waals surface area contributed by atoms with Gasteiger partial charge in [-0.25, -0.2) is 4.98 Å². The van der Waals surface area contributed by atoms with E-state index in [-0.39, 0.29) is 5.97 Å². The Balaban J connectivity index is 2.61. The number of esters is 1. The van der Waals surface area contributed by atoms with Gasteiger partial charge >= 0.3 is 5.97 Å². The van der Waals surface area contributed by atoms with Crippen LogP contribution in [0.4, 0.5) is 5.82 Å². The monoisotopic (exact) mass is 247 g/mol. The number of methoxy groups -OCH3 is 1. The molecule has 5 nitrogen and oxygen atoms in total. The van der Waals surface area contributed by atoms with Crippen LogP contribution in [0.3, 0.4) is 0 Å². The minimum atomic E-state index is -0.210. The fraction of sp³-hybridized carbons (Fsp3) is 0.462. The fourth-order valence-corrected chi connectivity index (χ4v) is 1.59. The van der Waals surface area contributed by atoms with Crippen molar-refractivity contribution in [2.24, 2.45) is 0 Å². The van der Waals surface area contributed by atoms with E-state index < -0.39 is 0 Å². The van der Waals surface area contributed by atoms with Gasteiger partial charge in [0.05, 0.1) is 18.7 Å². The van der Waals surface area contributed by atoms with E-state index in [4.69, 9.17) is 5.26 Å². The van der Waals surface area contributed by atoms with Crippen molar-refractivity contribution in [3.8, 4) is 6.07 Å². The van der Waals surface area contributed by atoms with E-state index in [1.54, 1.807) is 12.1 Å². The normalized spacial score (nSPS) is 9.67. The van der Waals surface area contributed by atoms with Crippen LogP contribution in [0.15, 0.2) is 12.1 Å². The molecule has 0 N–H and O–H groups in total. The fourth-order valence-electron chi connectivity index (χ4n) is 1.59. The summed E-state index contributed by atoms with van der Waals surface area (Å²) < 4.78 is 4.58. The largest absolute Gasteiger partial charge is 0.469 e. The summed E-state index contributed by atoms with van der Waals surface area (Å²) >= 11 is 0. The maximum atomic E-state index is 11.0. The molecule has 0 atom stereocenters. The molecule has 0 spiro atoms. The smallest absolute Gasteiger partial charge is 0.305 e. The summed E-state index contributed by atoms with van der Waals surface area (Å²) in [6, 6.07) is 5.59. The molecule has 0 unspecified atom stereocenters. The first-order chi connectivity index (χ1) is 8.56. The van der Waals surface area contributed by atoms with E-state index in [1.165, 1.54) is 7.11 Å². The maximum absolute atomic E-state index is 11.0. The predicted molar refractivity (Wildman–Crippen MR) is 68.2 cm³/mol. The van der Waals surface area contributed by atoms with Crippen LogP contribution in [-0.4, -0.2) is 31.7 Å². The second-order valence-electron chi connectivity index (χ2n) is 4.07. The van der Waals surface area contributed by atoms with E-state index in [0.717, 1.165) is 11.5 Å². The molecule has 18 heavy (non-hydrogen) atoms. The molecular formula is C13H17N3O2. The number of aromatic nitrogens is 1. The van der Waals surface area contributed by atoms with Crippen molar-refractivity contribution in [2.75, 3.05) is 25.6 Å². The molecule has 1 rings (SSSR count). The lowest BCUT2D eigenvalue weighted by Gasteiger charge is -2.18. The molecule has 1 heterocycles. The van der Waals surface area contributed by atoms with E-state index in [9.17, 15) is 4.79 Å². The van der Waals surface area contributed by atoms with Crippen LogP contribution in [0.2, 0.25) is 0 Å². The average Bonchev–Trinajstić information content (AvgIpc) is 2.37. The van der Waals surface area contributed by atoms with Gasteiger partial charge < -0.3 is 9.64 Å². The van der Waals surface area contributed by atoms with Gasteiger partial charge in [-0.05, 0) is 25.5 Å². The lowest BCUT2D eigenvalue weighted by atomic mass is 10.2. The minimum Gasteiger partial charge on any atom is -0.469 e. The molecule has 5 heteroatoms. The molecule has 0 bridgehead atoms. The Bertz CT molecular complexity index is 466. The summed E-state index contributed by atoms with van der Waals surface area (Å²) in [4.78, 5) is 17.3. The van der Waals surface area contributed by atoms with E-state index in [2.05, 4.69) is 15.8 Å². The third kappa shape index (κ3) is 4.06. The molecule has 0 aliphatic rings. The van der Waals surface area contributed by atoms with Crippen molar-refractivity contribution < 1.29 is 9.53 Å². The minimum absolute atomic E-state index is 0.210. The topological polar surface area (TPSA) is 66.2 Å². The van der Waals surface area contributed by atoms with Gasteiger partial charge in [0.2, 0.25) is 0 Å². The molecule has 0 fully saturated rings. The Kier molecular flexibility index (Phi) is 5.12. The van der Waals surface area contributed by atoms with Gasteiger partial charge in [0, 0.05) is 25.7 Å². The molecule has 0 saturated heterocycles. The van der Waals surface area contributed by atoms with Crippen molar-refractivity contribution in [3.05, 3.63) is 23.4 Å². The number of carbonyl (C=O) groups is 1. The Morgan fingerprint density at radius 1 is 1.56 bits per heavy atom. The number of rotatable bonds is 5. The molecule has 0 radical (unpaired) electrons. The Morgan fingerprint density at radius 3 is 2.89 bits per heavy atom. The molecule has 0 aromatic carbocycles. The van der Waals surface area contributed by atoms with E-state index >= 15 is 0 Å². The number of nitriles is 1. The quantitative estimate of drug-likeness (QED) is 0.740. The summed E-state index contributed by atoms with van der Waals surface area (Å²) in [5.74, 6) is 0.537. The average molecular weight is 247 g/mol. The first-order valence-corrected chi connectivity index (χ1v) is 5.73. The van der Waals surface area contributed by atoms with Crippen molar-refractivity contribution in [1.29, 1.82) is 5.26 Å². The first kappa shape index (κ1) is 14.0. The summed E-state index contributed by atoms with van der Waals surface area (Å²) in [6.45, 7) is 2.54. The zero-order valence-electron chi connectivity index (χ0n) is 10.9. The molecule has 96 valence electrons. The Labute approximate surface area is 107 Å². The third-order valence-electron chi connectivity index (χ3n) is 2.56. The number of hydrogen-bond donors (Lipinski definition) is 0. The Morgan fingerprint density at radius 2 is 2.28 bits per heavy atom. The molecule has 0 aliphatic heterocycles. The highest BCUT2D eigenvalue weighted by Gasteiger charge is 2.07. The van der Waals surface area contributed by atoms with E-state index in [0.29, 0.717) is 24.9 Å². The van der Waals surface area contributed by atoms with Crippen molar-refractivity contribution >= 4 is 11.8 Å². The number of pyridine rings is 1. The highest BCUT2D eigenvalue weighted by molar-refractivity contribution is 5.69. The van der Waals surface area contributed by atoms with Crippen LogP contribution < -0.4 is 4.90 Å². The zero-order chi connectivity index (χ0) is 13.5. The van der Waals surface area contributed by atoms with Gasteiger partial charge in [0.1, 0.15) is 5.82 Å². The number of carbonyl (C=O) groups excluding carboxylic acids is 1. The van der Waals surface area contributed by atoms with Gasteiger partial charge in [-0.3, -0.25) is 4.79 Å². The summed E-state index contributed by atoms with van der Waals surface area (Å²) in [5.41, 5.74) is 1.40. The summed E-state index contributed by atoms with van der Waals surface area (Å²) in [7, 11) is 3.27. The predicted octanol–water partition coefficient (Wildman–Crippen LogP) is 1.65. The molecule has 0 aliphatic carbocycles.